The van der Waals surface area contributed by atoms with E-state index in [4.69, 9.17) is 5.73 Å². The zero-order valence-electron chi connectivity index (χ0n) is 11.5. The number of amides is 1. The van der Waals surface area contributed by atoms with E-state index in [0.29, 0.717) is 5.75 Å². The van der Waals surface area contributed by atoms with Gasteiger partial charge in [-0.2, -0.15) is 0 Å². The minimum Gasteiger partial charge on any atom is -0.399 e. The summed E-state index contributed by atoms with van der Waals surface area (Å²) >= 11 is 1.69. The number of anilines is 1. The molecule has 2 N–H and O–H groups in total. The van der Waals surface area contributed by atoms with Crippen molar-refractivity contribution in [1.82, 2.24) is 9.80 Å². The van der Waals surface area contributed by atoms with Crippen LogP contribution in [0.5, 0.6) is 0 Å². The first-order valence-corrected chi connectivity index (χ1v) is 7.54. The van der Waals surface area contributed by atoms with E-state index in [1.165, 1.54) is 0 Å². The Labute approximate surface area is 118 Å². The van der Waals surface area contributed by atoms with E-state index in [1.54, 1.807) is 11.8 Å². The molecular weight excluding hydrogens is 258 g/mol. The van der Waals surface area contributed by atoms with Crippen molar-refractivity contribution in [3.63, 3.8) is 0 Å². The fourth-order valence-corrected chi connectivity index (χ4v) is 3.45. The van der Waals surface area contributed by atoms with Crippen LogP contribution in [0.3, 0.4) is 0 Å². The highest BCUT2D eigenvalue weighted by Gasteiger charge is 2.32. The van der Waals surface area contributed by atoms with Crippen LogP contribution in [0.1, 0.15) is 17.4 Å². The van der Waals surface area contributed by atoms with Gasteiger partial charge < -0.3 is 15.5 Å². The molecule has 1 aromatic rings. The van der Waals surface area contributed by atoms with Crippen LogP contribution in [0.15, 0.2) is 24.3 Å². The lowest BCUT2D eigenvalue weighted by Gasteiger charge is -2.25. The third-order valence-corrected chi connectivity index (χ3v) is 4.42. The summed E-state index contributed by atoms with van der Waals surface area (Å²) in [7, 11) is 4.10. The van der Waals surface area contributed by atoms with Crippen molar-refractivity contribution in [2.24, 2.45) is 0 Å². The van der Waals surface area contributed by atoms with E-state index < -0.39 is 0 Å². The van der Waals surface area contributed by atoms with Gasteiger partial charge in [0.2, 0.25) is 5.91 Å². The van der Waals surface area contributed by atoms with Crippen molar-refractivity contribution < 1.29 is 4.79 Å². The number of nitrogen functional groups attached to an aromatic ring is 1. The number of hydrogen-bond acceptors (Lipinski definition) is 4. The first-order chi connectivity index (χ1) is 9.08. The maximum absolute atomic E-state index is 12.0. The van der Waals surface area contributed by atoms with Crippen LogP contribution in [0, 0.1) is 0 Å². The van der Waals surface area contributed by atoms with Gasteiger partial charge in [0.05, 0.1) is 5.75 Å². The highest BCUT2D eigenvalue weighted by molar-refractivity contribution is 8.00. The van der Waals surface area contributed by atoms with Crippen molar-refractivity contribution >= 4 is 23.4 Å². The van der Waals surface area contributed by atoms with Crippen LogP contribution >= 0.6 is 11.8 Å². The molecule has 1 unspecified atom stereocenters. The lowest BCUT2D eigenvalue weighted by atomic mass is 10.2. The van der Waals surface area contributed by atoms with E-state index in [-0.39, 0.29) is 11.3 Å². The Morgan fingerprint density at radius 1 is 1.47 bits per heavy atom. The third kappa shape index (κ3) is 3.64. The number of nitrogens with two attached hydrogens (primary N) is 1. The molecule has 2 rings (SSSR count). The van der Waals surface area contributed by atoms with Gasteiger partial charge in [0.25, 0.3) is 0 Å². The van der Waals surface area contributed by atoms with Gasteiger partial charge in [-0.25, -0.2) is 0 Å². The Morgan fingerprint density at radius 3 is 2.95 bits per heavy atom. The van der Waals surface area contributed by atoms with E-state index in [1.807, 2.05) is 29.2 Å². The quantitative estimate of drug-likeness (QED) is 0.835. The first kappa shape index (κ1) is 14.2. The smallest absolute Gasteiger partial charge is 0.233 e. The molecule has 1 aromatic carbocycles. The molecule has 0 bridgehead atoms. The van der Waals surface area contributed by atoms with Crippen molar-refractivity contribution in [2.75, 3.05) is 38.7 Å². The fraction of sp³-hybridized carbons (Fsp3) is 0.500. The van der Waals surface area contributed by atoms with Crippen LogP contribution in [0.2, 0.25) is 0 Å². The largest absolute Gasteiger partial charge is 0.399 e. The minimum atomic E-state index is 0.123. The molecule has 1 saturated heterocycles. The summed E-state index contributed by atoms with van der Waals surface area (Å²) in [6.07, 6.45) is 0.998. The Bertz CT molecular complexity index is 450. The fourth-order valence-electron chi connectivity index (χ4n) is 2.24. The first-order valence-electron chi connectivity index (χ1n) is 6.49. The molecule has 5 heteroatoms. The van der Waals surface area contributed by atoms with E-state index >= 15 is 0 Å². The standard InChI is InChI=1S/C14H21N3OS/c1-16(2)7-4-8-17-13(18)10-19-14(17)11-5-3-6-12(15)9-11/h3,5-6,9,14H,4,7-8,10,15H2,1-2H3. The lowest BCUT2D eigenvalue weighted by molar-refractivity contribution is -0.128. The number of carbonyl (C=O) groups excluding carboxylic acids is 1. The van der Waals surface area contributed by atoms with Gasteiger partial charge in [0.1, 0.15) is 5.37 Å². The van der Waals surface area contributed by atoms with Crippen LogP contribution in [0.4, 0.5) is 5.69 Å². The number of carbonyl (C=O) groups is 1. The average molecular weight is 279 g/mol. The summed E-state index contributed by atoms with van der Waals surface area (Å²) in [5.74, 6) is 0.803. The molecule has 0 radical (unpaired) electrons. The van der Waals surface area contributed by atoms with Gasteiger partial charge in [-0.1, -0.05) is 12.1 Å². The SMILES string of the molecule is CN(C)CCCN1C(=O)CSC1c1cccc(N)c1. The van der Waals surface area contributed by atoms with Crippen molar-refractivity contribution in [3.8, 4) is 0 Å². The topological polar surface area (TPSA) is 49.6 Å². The Kier molecular flexibility index (Phi) is 4.71. The van der Waals surface area contributed by atoms with Crippen LogP contribution in [-0.2, 0) is 4.79 Å². The molecule has 0 aromatic heterocycles. The Morgan fingerprint density at radius 2 is 2.26 bits per heavy atom. The molecule has 1 aliphatic rings. The second-order valence-corrected chi connectivity index (χ2v) is 6.15. The van der Waals surface area contributed by atoms with Gasteiger partial charge in [0, 0.05) is 12.2 Å². The molecule has 1 atom stereocenters. The summed E-state index contributed by atoms with van der Waals surface area (Å²) in [4.78, 5) is 16.1. The van der Waals surface area contributed by atoms with Crippen LogP contribution in [0.25, 0.3) is 0 Å². The number of rotatable bonds is 5. The number of nitrogens with zero attached hydrogens (tertiary/aromatic N) is 2. The predicted octanol–water partition coefficient (Wildman–Crippen LogP) is 1.79. The number of benzene rings is 1. The molecule has 4 nitrogen and oxygen atoms in total. The summed E-state index contributed by atoms with van der Waals surface area (Å²) in [5, 5.41) is 0.123. The third-order valence-electron chi connectivity index (χ3n) is 3.17. The molecule has 0 spiro atoms. The molecule has 0 saturated carbocycles. The minimum absolute atomic E-state index is 0.123. The van der Waals surface area contributed by atoms with Crippen molar-refractivity contribution in [2.45, 2.75) is 11.8 Å². The second kappa shape index (κ2) is 6.30. The highest BCUT2D eigenvalue weighted by atomic mass is 32.2. The molecule has 1 fully saturated rings. The number of thioether (sulfide) groups is 1. The highest BCUT2D eigenvalue weighted by Crippen LogP contribution is 2.38. The van der Waals surface area contributed by atoms with Gasteiger partial charge in [-0.05, 0) is 44.8 Å². The van der Waals surface area contributed by atoms with Crippen molar-refractivity contribution in [3.05, 3.63) is 29.8 Å². The van der Waals surface area contributed by atoms with Gasteiger partial charge in [-0.15, -0.1) is 11.8 Å². The zero-order chi connectivity index (χ0) is 13.8. The van der Waals surface area contributed by atoms with Crippen LogP contribution < -0.4 is 5.73 Å². The second-order valence-electron chi connectivity index (χ2n) is 5.08. The van der Waals surface area contributed by atoms with E-state index in [9.17, 15) is 4.79 Å². The number of hydrogen-bond donors (Lipinski definition) is 1. The summed E-state index contributed by atoms with van der Waals surface area (Å²) in [6.45, 7) is 1.81. The molecule has 1 heterocycles. The normalized spacial score (nSPS) is 19.4. The van der Waals surface area contributed by atoms with Crippen molar-refractivity contribution in [1.29, 1.82) is 0 Å². The maximum atomic E-state index is 12.0. The molecule has 1 aliphatic heterocycles. The molecule has 0 aliphatic carbocycles. The van der Waals surface area contributed by atoms with Gasteiger partial charge >= 0.3 is 0 Å². The Balaban J connectivity index is 2.04. The van der Waals surface area contributed by atoms with Gasteiger partial charge in [-0.3, -0.25) is 4.79 Å². The van der Waals surface area contributed by atoms with Gasteiger partial charge in [0.15, 0.2) is 0 Å². The van der Waals surface area contributed by atoms with E-state index in [0.717, 1.165) is 30.8 Å². The molecular formula is C14H21N3OS. The summed E-state index contributed by atoms with van der Waals surface area (Å²) in [6, 6.07) is 7.84. The molecule has 19 heavy (non-hydrogen) atoms. The average Bonchev–Trinajstić information content (AvgIpc) is 2.71. The zero-order valence-corrected chi connectivity index (χ0v) is 12.3. The maximum Gasteiger partial charge on any atom is 0.233 e. The molecule has 104 valence electrons. The summed E-state index contributed by atoms with van der Waals surface area (Å²) in [5.41, 5.74) is 7.71. The lowest BCUT2D eigenvalue weighted by Crippen LogP contribution is -2.31. The van der Waals surface area contributed by atoms with E-state index in [2.05, 4.69) is 19.0 Å². The van der Waals surface area contributed by atoms with Crippen LogP contribution in [-0.4, -0.2) is 48.6 Å². The molecule has 1 amide bonds. The Hall–Kier alpha value is -1.20. The monoisotopic (exact) mass is 279 g/mol. The predicted molar refractivity (Wildman–Crippen MR) is 80.9 cm³/mol. The summed E-state index contributed by atoms with van der Waals surface area (Å²) < 4.78 is 0.